The van der Waals surface area contributed by atoms with Gasteiger partial charge in [-0.25, -0.2) is 12.8 Å². The van der Waals surface area contributed by atoms with Gasteiger partial charge in [-0.05, 0) is 47.0 Å². The van der Waals surface area contributed by atoms with E-state index in [0.29, 0.717) is 23.3 Å². The second kappa shape index (κ2) is 10.4. The Morgan fingerprint density at radius 3 is 2.02 bits per heavy atom. The van der Waals surface area contributed by atoms with E-state index in [-0.39, 0.29) is 28.3 Å². The summed E-state index contributed by atoms with van der Waals surface area (Å²) in [4.78, 5) is 26.6. The zero-order valence-electron chi connectivity index (χ0n) is 21.6. The molecule has 0 unspecified atom stereocenters. The van der Waals surface area contributed by atoms with Crippen molar-refractivity contribution in [2.24, 2.45) is 0 Å². The quantitative estimate of drug-likeness (QED) is 0.381. The van der Waals surface area contributed by atoms with E-state index >= 15 is 0 Å². The van der Waals surface area contributed by atoms with Crippen LogP contribution in [0.5, 0.6) is 0 Å². The van der Waals surface area contributed by atoms with Gasteiger partial charge in [-0.1, -0.05) is 30.3 Å². The van der Waals surface area contributed by atoms with Crippen molar-refractivity contribution in [2.45, 2.75) is 42.4 Å². The van der Waals surface area contributed by atoms with Crippen LogP contribution < -0.4 is 5.32 Å². The molecule has 3 aromatic rings. The lowest BCUT2D eigenvalue weighted by Crippen LogP contribution is -2.53. The Hall–Kier alpha value is -3.98. The van der Waals surface area contributed by atoms with Crippen molar-refractivity contribution < 1.29 is 53.8 Å². The van der Waals surface area contributed by atoms with Crippen molar-refractivity contribution in [3.05, 3.63) is 83.2 Å². The van der Waals surface area contributed by atoms with Crippen LogP contribution in [0, 0.1) is 5.82 Å². The molecular weight excluding hydrogens is 597 g/mol. The molecule has 7 nitrogen and oxygen atoms in total. The van der Waals surface area contributed by atoms with Gasteiger partial charge < -0.3 is 15.3 Å². The second-order valence-electron chi connectivity index (χ2n) is 9.65. The van der Waals surface area contributed by atoms with E-state index in [1.54, 1.807) is 0 Å². The number of hydrogen-bond acceptors (Lipinski definition) is 5. The molecule has 42 heavy (non-hydrogen) atoms. The molecule has 0 saturated carbocycles. The molecule has 0 radical (unpaired) electrons. The number of carbonyl (C=O) groups is 2. The second-order valence-corrected chi connectivity index (χ2v) is 11.7. The summed E-state index contributed by atoms with van der Waals surface area (Å²) < 4.78 is 118. The molecule has 1 aliphatic rings. The largest absolute Gasteiger partial charge is 0.430 e. The third-order valence-electron chi connectivity index (χ3n) is 6.81. The van der Waals surface area contributed by atoms with Gasteiger partial charge in [0.1, 0.15) is 11.9 Å². The summed E-state index contributed by atoms with van der Waals surface area (Å²) in [5.74, 6) is -2.22. The molecule has 0 fully saturated rings. The van der Waals surface area contributed by atoms with Crippen LogP contribution in [0.25, 0.3) is 11.1 Å². The molecule has 1 heterocycles. The summed E-state index contributed by atoms with van der Waals surface area (Å²) in [7, 11) is -3.56. The number of halogens is 7. The fraction of sp³-hybridized carbons (Fsp3) is 0.259. The van der Waals surface area contributed by atoms with Crippen molar-refractivity contribution in [3.8, 4) is 11.1 Å². The molecule has 0 spiro atoms. The van der Waals surface area contributed by atoms with Gasteiger partial charge in [0.05, 0.1) is 4.90 Å². The number of rotatable bonds is 5. The number of benzene rings is 3. The lowest BCUT2D eigenvalue weighted by Gasteiger charge is -2.32. The number of hydrogen-bond donors (Lipinski definition) is 2. The molecule has 3 aromatic carbocycles. The first-order chi connectivity index (χ1) is 19.3. The average molecular weight is 619 g/mol. The van der Waals surface area contributed by atoms with Gasteiger partial charge in [0.25, 0.3) is 11.5 Å². The first-order valence-corrected chi connectivity index (χ1v) is 13.8. The van der Waals surface area contributed by atoms with Gasteiger partial charge >= 0.3 is 12.4 Å². The van der Waals surface area contributed by atoms with Crippen LogP contribution in [0.4, 0.5) is 36.4 Å². The fourth-order valence-corrected chi connectivity index (χ4v) is 5.32. The topological polar surface area (TPSA) is 104 Å². The smallest absolute Gasteiger partial charge is 0.369 e. The average Bonchev–Trinajstić information content (AvgIpc) is 3.26. The molecule has 2 amide bonds. The van der Waals surface area contributed by atoms with Crippen LogP contribution in [0.1, 0.15) is 29.7 Å². The monoisotopic (exact) mass is 618 g/mol. The van der Waals surface area contributed by atoms with Crippen molar-refractivity contribution in [2.75, 3.05) is 11.6 Å². The van der Waals surface area contributed by atoms with E-state index in [0.717, 1.165) is 30.5 Å². The molecular formula is C27H21F7N2O5S. The number of sulfone groups is 1. The highest BCUT2D eigenvalue weighted by Crippen LogP contribution is 2.50. The minimum absolute atomic E-state index is 0.00186. The Bertz CT molecular complexity index is 1660. The maximum absolute atomic E-state index is 15.0. The number of nitrogens with one attached hydrogen (secondary N) is 1. The zero-order valence-corrected chi connectivity index (χ0v) is 22.5. The number of aliphatic hydroxyl groups is 1. The maximum atomic E-state index is 15.0. The Balaban J connectivity index is 1.60. The third kappa shape index (κ3) is 5.45. The summed E-state index contributed by atoms with van der Waals surface area (Å²) in [5, 5.41) is 12.0. The maximum Gasteiger partial charge on any atom is 0.430 e. The van der Waals surface area contributed by atoms with Crippen LogP contribution in [0.2, 0.25) is 0 Å². The predicted octanol–water partition coefficient (Wildman–Crippen LogP) is 5.25. The molecule has 1 atom stereocenters. The first kappa shape index (κ1) is 31.0. The molecule has 15 heteroatoms. The van der Waals surface area contributed by atoms with Gasteiger partial charge in [0.2, 0.25) is 5.91 Å². The number of anilines is 1. The standard InChI is InChI=1S/C27H21F7N2O5S/c1-14(37)36-13-16-11-19(42(2,40)41)8-10-21(16)23(36)24(38)35-18-7-9-20(22(28)12-18)15-3-5-17(6-4-15)25(39,26(29,30)31)27(32,33)34/h3-12,23,39H,13H2,1-2H3,(H,35,38)/t23-/m1/s1. The lowest BCUT2D eigenvalue weighted by molar-refractivity contribution is -0.376. The van der Waals surface area contributed by atoms with Crippen LogP contribution in [-0.2, 0) is 31.6 Å². The lowest BCUT2D eigenvalue weighted by atomic mass is 9.90. The zero-order chi connectivity index (χ0) is 31.4. The van der Waals surface area contributed by atoms with Crippen LogP contribution in [-0.4, -0.2) is 48.8 Å². The highest BCUT2D eigenvalue weighted by molar-refractivity contribution is 7.90. The Morgan fingerprint density at radius 2 is 1.52 bits per heavy atom. The number of nitrogens with zero attached hydrogens (tertiary/aromatic N) is 1. The molecule has 4 rings (SSSR count). The Morgan fingerprint density at radius 1 is 0.929 bits per heavy atom. The van der Waals surface area contributed by atoms with E-state index < -0.39 is 57.0 Å². The van der Waals surface area contributed by atoms with Crippen LogP contribution in [0.15, 0.2) is 65.6 Å². The van der Waals surface area contributed by atoms with Crippen molar-refractivity contribution in [1.82, 2.24) is 4.90 Å². The third-order valence-corrected chi connectivity index (χ3v) is 7.92. The van der Waals surface area contributed by atoms with Gasteiger partial charge in [-0.15, -0.1) is 0 Å². The summed E-state index contributed by atoms with van der Waals surface area (Å²) >= 11 is 0. The normalized spacial score (nSPS) is 15.9. The number of amides is 2. The molecule has 2 N–H and O–H groups in total. The van der Waals surface area contributed by atoms with Crippen LogP contribution in [0.3, 0.4) is 0 Å². The van der Waals surface area contributed by atoms with Gasteiger partial charge in [-0.3, -0.25) is 9.59 Å². The van der Waals surface area contributed by atoms with Gasteiger partial charge in [0.15, 0.2) is 9.84 Å². The first-order valence-electron chi connectivity index (χ1n) is 11.9. The summed E-state index contributed by atoms with van der Waals surface area (Å²) in [6.07, 6.45) is -11.1. The highest BCUT2D eigenvalue weighted by atomic mass is 32.2. The van der Waals surface area contributed by atoms with Gasteiger partial charge in [-0.2, -0.15) is 26.3 Å². The number of carbonyl (C=O) groups excluding carboxylic acids is 2. The van der Waals surface area contributed by atoms with Crippen molar-refractivity contribution in [1.29, 1.82) is 0 Å². The summed E-state index contributed by atoms with van der Waals surface area (Å²) in [5.41, 5.74) is -6.27. The Labute approximate surface area is 234 Å². The molecule has 224 valence electrons. The van der Waals surface area contributed by atoms with Gasteiger partial charge in [0, 0.05) is 36.5 Å². The molecule has 0 saturated heterocycles. The molecule has 0 aliphatic carbocycles. The van der Waals surface area contributed by atoms with E-state index in [4.69, 9.17) is 0 Å². The van der Waals surface area contributed by atoms with E-state index in [1.807, 2.05) is 0 Å². The van der Waals surface area contributed by atoms with Crippen molar-refractivity contribution >= 4 is 27.3 Å². The highest BCUT2D eigenvalue weighted by Gasteiger charge is 2.71. The number of fused-ring (bicyclic) bond motifs is 1. The molecule has 1 aliphatic heterocycles. The van der Waals surface area contributed by atoms with E-state index in [2.05, 4.69) is 5.32 Å². The van der Waals surface area contributed by atoms with E-state index in [9.17, 15) is 53.8 Å². The SMILES string of the molecule is CC(=O)N1Cc2cc(S(C)(=O)=O)ccc2[C@@H]1C(=O)Nc1ccc(-c2ccc(C(O)(C(F)(F)F)C(F)(F)F)cc2)c(F)c1. The minimum Gasteiger partial charge on any atom is -0.369 e. The van der Waals surface area contributed by atoms with Crippen molar-refractivity contribution in [3.63, 3.8) is 0 Å². The molecule has 0 bridgehead atoms. The van der Waals surface area contributed by atoms with E-state index in [1.165, 1.54) is 36.1 Å². The minimum atomic E-state index is -6.08. The predicted molar refractivity (Wildman–Crippen MR) is 135 cm³/mol. The summed E-state index contributed by atoms with van der Waals surface area (Å²) in [6.45, 7) is 1.17. The molecule has 0 aromatic heterocycles. The number of alkyl halides is 6. The summed E-state index contributed by atoms with van der Waals surface area (Å²) in [6, 6.07) is 8.44. The fourth-order valence-electron chi connectivity index (χ4n) is 4.65. The Kier molecular flexibility index (Phi) is 7.65. The van der Waals surface area contributed by atoms with Crippen LogP contribution >= 0.6 is 0 Å².